The van der Waals surface area contributed by atoms with Crippen molar-refractivity contribution in [2.24, 2.45) is 0 Å². The maximum atomic E-state index is 11.6. The summed E-state index contributed by atoms with van der Waals surface area (Å²) in [6.45, 7) is 3.87. The molecule has 0 saturated carbocycles. The third kappa shape index (κ3) is 1.45. The monoisotopic (exact) mass is 222 g/mol. The number of aromatic amines is 1. The van der Waals surface area contributed by atoms with Gasteiger partial charge in [0, 0.05) is 0 Å². The second-order valence-electron chi connectivity index (χ2n) is 3.53. The van der Waals surface area contributed by atoms with Crippen LogP contribution >= 0.6 is 12.2 Å². The van der Waals surface area contributed by atoms with E-state index in [4.69, 9.17) is 12.2 Å². The molecule has 0 bridgehead atoms. The van der Waals surface area contributed by atoms with Gasteiger partial charge in [-0.25, -0.2) is 0 Å². The van der Waals surface area contributed by atoms with Gasteiger partial charge >= 0.3 is 0 Å². The molecule has 2 rings (SSSR count). The number of nitrogens with zero attached hydrogens (tertiary/aromatic N) is 1. The van der Waals surface area contributed by atoms with E-state index in [0.717, 1.165) is 11.1 Å². The van der Waals surface area contributed by atoms with Gasteiger partial charge in [0.15, 0.2) is 0 Å². The maximum absolute atomic E-state index is 11.6. The Bertz CT molecular complexity index is 655. The molecule has 0 aliphatic carbocycles. The van der Waals surface area contributed by atoms with Crippen molar-refractivity contribution in [3.05, 3.63) is 38.4 Å². The Morgan fingerprint density at radius 2 is 1.93 bits per heavy atom. The third-order valence-corrected chi connectivity index (χ3v) is 2.77. The van der Waals surface area contributed by atoms with Crippen molar-refractivity contribution in [1.29, 1.82) is 0 Å². The largest absolute Gasteiger partial charge is 0.423 e. The van der Waals surface area contributed by atoms with E-state index in [9.17, 15) is 10.0 Å². The number of H-pyrrole nitrogens is 1. The minimum atomic E-state index is -0.489. The van der Waals surface area contributed by atoms with Crippen molar-refractivity contribution in [3.63, 3.8) is 0 Å². The van der Waals surface area contributed by atoms with Crippen LogP contribution in [0.15, 0.2) is 16.9 Å². The van der Waals surface area contributed by atoms with E-state index >= 15 is 0 Å². The molecule has 0 radical (unpaired) electrons. The molecule has 0 atom stereocenters. The van der Waals surface area contributed by atoms with Gasteiger partial charge in [0.05, 0.1) is 10.9 Å². The molecular weight excluding hydrogens is 212 g/mol. The molecule has 5 heteroatoms. The first-order valence-electron chi connectivity index (χ1n) is 4.46. The first kappa shape index (κ1) is 9.92. The summed E-state index contributed by atoms with van der Waals surface area (Å²) >= 11 is 4.80. The zero-order valence-corrected chi connectivity index (χ0v) is 9.18. The second kappa shape index (κ2) is 3.20. The average molecular weight is 222 g/mol. The lowest BCUT2D eigenvalue weighted by molar-refractivity contribution is 0.168. The summed E-state index contributed by atoms with van der Waals surface area (Å²) in [5.41, 5.74) is 2.24. The van der Waals surface area contributed by atoms with Gasteiger partial charge in [0.2, 0.25) is 4.77 Å². The Morgan fingerprint density at radius 3 is 2.60 bits per heavy atom. The molecule has 2 N–H and O–H groups in total. The number of hydrogen-bond donors (Lipinski definition) is 2. The normalized spacial score (nSPS) is 10.8. The van der Waals surface area contributed by atoms with Gasteiger partial charge in [-0.15, -0.1) is 4.73 Å². The van der Waals surface area contributed by atoms with E-state index in [2.05, 4.69) is 4.98 Å². The Labute approximate surface area is 90.8 Å². The number of aromatic nitrogens is 2. The quantitative estimate of drug-likeness (QED) is 0.529. The molecule has 78 valence electrons. The summed E-state index contributed by atoms with van der Waals surface area (Å²) in [6.07, 6.45) is 0. The van der Waals surface area contributed by atoms with Crippen molar-refractivity contribution in [3.8, 4) is 0 Å². The van der Waals surface area contributed by atoms with E-state index < -0.39 is 5.56 Å². The van der Waals surface area contributed by atoms with Gasteiger partial charge in [0.25, 0.3) is 5.56 Å². The highest BCUT2D eigenvalue weighted by molar-refractivity contribution is 7.71. The van der Waals surface area contributed by atoms with Crippen LogP contribution in [0.2, 0.25) is 0 Å². The van der Waals surface area contributed by atoms with Crippen LogP contribution in [0.3, 0.4) is 0 Å². The van der Waals surface area contributed by atoms with E-state index in [1.54, 1.807) is 6.07 Å². The van der Waals surface area contributed by atoms with E-state index in [1.165, 1.54) is 0 Å². The van der Waals surface area contributed by atoms with E-state index in [-0.39, 0.29) is 4.77 Å². The smallest absolute Gasteiger partial charge is 0.295 e. The van der Waals surface area contributed by atoms with Crippen LogP contribution in [0.1, 0.15) is 11.1 Å². The fourth-order valence-corrected chi connectivity index (χ4v) is 1.66. The van der Waals surface area contributed by atoms with Crippen molar-refractivity contribution >= 4 is 23.1 Å². The predicted molar refractivity (Wildman–Crippen MR) is 60.1 cm³/mol. The van der Waals surface area contributed by atoms with Crippen molar-refractivity contribution in [1.82, 2.24) is 9.71 Å². The molecule has 0 aliphatic rings. The van der Waals surface area contributed by atoms with Crippen molar-refractivity contribution in [2.75, 3.05) is 0 Å². The first-order chi connectivity index (χ1) is 7.00. The van der Waals surface area contributed by atoms with Crippen molar-refractivity contribution < 1.29 is 5.21 Å². The molecule has 0 unspecified atom stereocenters. The van der Waals surface area contributed by atoms with Gasteiger partial charge in [-0.3, -0.25) is 4.79 Å². The van der Waals surface area contributed by atoms with Crippen LogP contribution in [0, 0.1) is 18.6 Å². The first-order valence-corrected chi connectivity index (χ1v) is 4.87. The molecule has 15 heavy (non-hydrogen) atoms. The maximum Gasteiger partial charge on any atom is 0.295 e. The Morgan fingerprint density at radius 1 is 1.33 bits per heavy atom. The van der Waals surface area contributed by atoms with Crippen molar-refractivity contribution in [2.45, 2.75) is 13.8 Å². The summed E-state index contributed by atoms with van der Waals surface area (Å²) in [5.74, 6) is 0. The van der Waals surface area contributed by atoms with Gasteiger partial charge in [-0.1, -0.05) is 0 Å². The van der Waals surface area contributed by atoms with Crippen LogP contribution in [0.4, 0.5) is 0 Å². The van der Waals surface area contributed by atoms with Gasteiger partial charge in [-0.2, -0.15) is 0 Å². The van der Waals surface area contributed by atoms with Gasteiger partial charge in [0.1, 0.15) is 0 Å². The standard InChI is InChI=1S/C10H10N2O2S/c1-5-3-7-8(4-6(5)2)11-10(15)12(14)9(7)13/h3-4,14H,1-2H3,(H,11,15). The summed E-state index contributed by atoms with van der Waals surface area (Å²) in [6, 6.07) is 3.59. The molecule has 0 spiro atoms. The van der Waals surface area contributed by atoms with Crippen LogP contribution in [-0.2, 0) is 0 Å². The lowest BCUT2D eigenvalue weighted by Crippen LogP contribution is -2.19. The molecule has 0 amide bonds. The average Bonchev–Trinajstić information content (AvgIpc) is 2.19. The molecule has 1 heterocycles. The molecule has 4 nitrogen and oxygen atoms in total. The van der Waals surface area contributed by atoms with E-state index in [0.29, 0.717) is 15.6 Å². The lowest BCUT2D eigenvalue weighted by atomic mass is 10.1. The number of aryl methyl sites for hydroxylation is 2. The Hall–Kier alpha value is -1.62. The SMILES string of the molecule is Cc1cc2[nH]c(=S)n(O)c(=O)c2cc1C. The van der Waals surface area contributed by atoms with Gasteiger partial charge in [-0.05, 0) is 49.3 Å². The molecule has 0 aliphatic heterocycles. The molecule has 2 aromatic rings. The summed E-state index contributed by atoms with van der Waals surface area (Å²) in [5, 5.41) is 9.77. The lowest BCUT2D eigenvalue weighted by Gasteiger charge is -2.04. The number of rotatable bonds is 0. The fraction of sp³-hybridized carbons (Fsp3) is 0.200. The minimum Gasteiger partial charge on any atom is -0.423 e. The third-order valence-electron chi connectivity index (χ3n) is 2.49. The van der Waals surface area contributed by atoms with Gasteiger partial charge < -0.3 is 10.2 Å². The predicted octanol–water partition coefficient (Wildman–Crippen LogP) is 1.91. The number of hydrogen-bond acceptors (Lipinski definition) is 3. The van der Waals surface area contributed by atoms with Crippen LogP contribution in [-0.4, -0.2) is 14.9 Å². The van der Waals surface area contributed by atoms with E-state index in [1.807, 2.05) is 19.9 Å². The Kier molecular flexibility index (Phi) is 2.12. The minimum absolute atomic E-state index is 0.00996. The van der Waals surface area contributed by atoms with Crippen LogP contribution in [0.5, 0.6) is 0 Å². The number of fused-ring (bicyclic) bond motifs is 1. The molecule has 1 aromatic carbocycles. The summed E-state index contributed by atoms with van der Waals surface area (Å²) < 4.78 is 0.461. The Balaban J connectivity index is 3.07. The zero-order chi connectivity index (χ0) is 11.2. The van der Waals surface area contributed by atoms with Crippen LogP contribution < -0.4 is 5.56 Å². The highest BCUT2D eigenvalue weighted by atomic mass is 32.1. The summed E-state index contributed by atoms with van der Waals surface area (Å²) in [7, 11) is 0. The van der Waals surface area contributed by atoms with Crippen LogP contribution in [0.25, 0.3) is 10.9 Å². The zero-order valence-electron chi connectivity index (χ0n) is 8.37. The summed E-state index contributed by atoms with van der Waals surface area (Å²) in [4.78, 5) is 14.4. The molecule has 1 aromatic heterocycles. The molecule has 0 saturated heterocycles. The topological polar surface area (TPSA) is 58.0 Å². The number of benzene rings is 1. The second-order valence-corrected chi connectivity index (χ2v) is 3.92. The fourth-order valence-electron chi connectivity index (χ4n) is 1.47. The highest BCUT2D eigenvalue weighted by Crippen LogP contribution is 2.14. The number of nitrogens with one attached hydrogen (secondary N) is 1. The molecular formula is C10H10N2O2S. The molecule has 0 fully saturated rings. The highest BCUT2D eigenvalue weighted by Gasteiger charge is 2.05.